The fourth-order valence-corrected chi connectivity index (χ4v) is 1.28. The van der Waals surface area contributed by atoms with Crippen molar-refractivity contribution in [1.82, 2.24) is 4.90 Å². The van der Waals surface area contributed by atoms with Crippen molar-refractivity contribution in [2.45, 2.75) is 26.2 Å². The predicted molar refractivity (Wildman–Crippen MR) is 55.1 cm³/mol. The van der Waals surface area contributed by atoms with Crippen LogP contribution in [0.25, 0.3) is 0 Å². The van der Waals surface area contributed by atoms with Gasteiger partial charge in [0, 0.05) is 33.2 Å². The first-order chi connectivity index (χ1) is 6.76. The molecule has 4 nitrogen and oxygen atoms in total. The van der Waals surface area contributed by atoms with E-state index in [1.807, 2.05) is 6.92 Å². The summed E-state index contributed by atoms with van der Waals surface area (Å²) in [6, 6.07) is 0. The molecule has 0 spiro atoms. The number of aliphatic hydroxyl groups excluding tert-OH is 1. The fourth-order valence-electron chi connectivity index (χ4n) is 1.28. The first kappa shape index (κ1) is 13.4. The lowest BCUT2D eigenvalue weighted by Crippen LogP contribution is -2.34. The van der Waals surface area contributed by atoms with Crippen LogP contribution in [0.4, 0.5) is 0 Å². The molecule has 0 fully saturated rings. The van der Waals surface area contributed by atoms with E-state index in [1.165, 1.54) is 0 Å². The number of amides is 1. The zero-order chi connectivity index (χ0) is 10.8. The molecule has 4 heteroatoms. The van der Waals surface area contributed by atoms with Crippen LogP contribution >= 0.6 is 0 Å². The summed E-state index contributed by atoms with van der Waals surface area (Å²) in [5.41, 5.74) is 0. The van der Waals surface area contributed by atoms with Gasteiger partial charge in [-0.1, -0.05) is 6.92 Å². The molecule has 0 radical (unpaired) electrons. The lowest BCUT2D eigenvalue weighted by atomic mass is 10.2. The highest BCUT2D eigenvalue weighted by Gasteiger charge is 2.10. The maximum atomic E-state index is 11.6. The minimum Gasteiger partial charge on any atom is -0.395 e. The third-order valence-corrected chi connectivity index (χ3v) is 1.96. The van der Waals surface area contributed by atoms with E-state index < -0.39 is 0 Å². The molecule has 0 bridgehead atoms. The highest BCUT2D eigenvalue weighted by Crippen LogP contribution is 1.99. The maximum absolute atomic E-state index is 11.6. The van der Waals surface area contributed by atoms with Crippen molar-refractivity contribution in [2.75, 3.05) is 33.4 Å². The summed E-state index contributed by atoms with van der Waals surface area (Å²) >= 11 is 0. The molecule has 0 aliphatic rings. The monoisotopic (exact) mass is 203 g/mol. The number of rotatable bonds is 8. The molecule has 84 valence electrons. The van der Waals surface area contributed by atoms with Gasteiger partial charge in [-0.3, -0.25) is 4.79 Å². The summed E-state index contributed by atoms with van der Waals surface area (Å²) < 4.78 is 4.87. The van der Waals surface area contributed by atoms with Crippen molar-refractivity contribution in [2.24, 2.45) is 0 Å². The van der Waals surface area contributed by atoms with E-state index in [9.17, 15) is 4.79 Å². The van der Waals surface area contributed by atoms with Crippen LogP contribution in [-0.4, -0.2) is 49.3 Å². The molecule has 0 heterocycles. The minimum atomic E-state index is 0.0377. The Labute approximate surface area is 85.9 Å². The van der Waals surface area contributed by atoms with Gasteiger partial charge < -0.3 is 14.7 Å². The highest BCUT2D eigenvalue weighted by molar-refractivity contribution is 5.76. The fraction of sp³-hybridized carbons (Fsp3) is 0.900. The molecule has 0 aromatic heterocycles. The zero-order valence-corrected chi connectivity index (χ0v) is 9.16. The van der Waals surface area contributed by atoms with Crippen LogP contribution in [0.3, 0.4) is 0 Å². The predicted octanol–water partition coefficient (Wildman–Crippen LogP) is 0.644. The molecule has 0 aromatic carbocycles. The number of hydrogen-bond acceptors (Lipinski definition) is 3. The van der Waals surface area contributed by atoms with Gasteiger partial charge in [0.1, 0.15) is 0 Å². The van der Waals surface area contributed by atoms with Gasteiger partial charge in [0.2, 0.25) is 5.91 Å². The zero-order valence-electron chi connectivity index (χ0n) is 9.16. The number of nitrogens with zero attached hydrogens (tertiary/aromatic N) is 1. The van der Waals surface area contributed by atoms with Crippen molar-refractivity contribution in [3.63, 3.8) is 0 Å². The average molecular weight is 203 g/mol. The van der Waals surface area contributed by atoms with Gasteiger partial charge in [0.25, 0.3) is 0 Å². The summed E-state index contributed by atoms with van der Waals surface area (Å²) in [5.74, 6) is 0.109. The maximum Gasteiger partial charge on any atom is 0.222 e. The standard InChI is InChI=1S/C10H21NO3/c1-3-6-11(7-8-12)10(13)5-4-9-14-2/h12H,3-9H2,1-2H3. The molecule has 0 rings (SSSR count). The summed E-state index contributed by atoms with van der Waals surface area (Å²) in [5, 5.41) is 8.77. The molecule has 1 N–H and O–H groups in total. The lowest BCUT2D eigenvalue weighted by molar-refractivity contribution is -0.132. The third-order valence-electron chi connectivity index (χ3n) is 1.96. The van der Waals surface area contributed by atoms with Crippen LogP contribution in [0, 0.1) is 0 Å². The number of ether oxygens (including phenoxy) is 1. The van der Waals surface area contributed by atoms with Crippen molar-refractivity contribution in [3.05, 3.63) is 0 Å². The normalized spacial score (nSPS) is 10.2. The van der Waals surface area contributed by atoms with Crippen molar-refractivity contribution < 1.29 is 14.6 Å². The van der Waals surface area contributed by atoms with Crippen molar-refractivity contribution in [1.29, 1.82) is 0 Å². The first-order valence-corrected chi connectivity index (χ1v) is 5.13. The number of hydrogen-bond donors (Lipinski definition) is 1. The minimum absolute atomic E-state index is 0.0377. The van der Waals surface area contributed by atoms with Crippen LogP contribution in [0.1, 0.15) is 26.2 Å². The van der Waals surface area contributed by atoms with Gasteiger partial charge in [-0.05, 0) is 12.8 Å². The van der Waals surface area contributed by atoms with E-state index in [0.717, 1.165) is 19.4 Å². The molecule has 0 saturated carbocycles. The van der Waals surface area contributed by atoms with Crippen LogP contribution in [0.2, 0.25) is 0 Å². The Bertz CT molecular complexity index is 144. The summed E-state index contributed by atoms with van der Waals surface area (Å²) in [4.78, 5) is 13.3. The van der Waals surface area contributed by atoms with E-state index in [0.29, 0.717) is 19.6 Å². The summed E-state index contributed by atoms with van der Waals surface area (Å²) in [6.45, 7) is 3.85. The van der Waals surface area contributed by atoms with Gasteiger partial charge in [0.15, 0.2) is 0 Å². The Morgan fingerprint density at radius 2 is 2.14 bits per heavy atom. The van der Waals surface area contributed by atoms with E-state index >= 15 is 0 Å². The Morgan fingerprint density at radius 1 is 1.43 bits per heavy atom. The molecule has 0 atom stereocenters. The summed E-state index contributed by atoms with van der Waals surface area (Å²) in [7, 11) is 1.63. The molecule has 14 heavy (non-hydrogen) atoms. The molecule has 0 saturated heterocycles. The Morgan fingerprint density at radius 3 is 2.64 bits per heavy atom. The Kier molecular flexibility index (Phi) is 8.57. The van der Waals surface area contributed by atoms with Crippen LogP contribution in [0.5, 0.6) is 0 Å². The van der Waals surface area contributed by atoms with Crippen molar-refractivity contribution in [3.8, 4) is 0 Å². The number of carbonyl (C=O) groups excluding carboxylic acids is 1. The van der Waals surface area contributed by atoms with Gasteiger partial charge in [-0.25, -0.2) is 0 Å². The quantitative estimate of drug-likeness (QED) is 0.589. The Balaban J connectivity index is 3.76. The Hall–Kier alpha value is -0.610. The number of carbonyl (C=O) groups is 1. The molecule has 0 unspecified atom stereocenters. The molecular formula is C10H21NO3. The van der Waals surface area contributed by atoms with E-state index in [2.05, 4.69) is 0 Å². The third kappa shape index (κ3) is 5.94. The van der Waals surface area contributed by atoms with E-state index in [4.69, 9.17) is 9.84 Å². The number of methoxy groups -OCH3 is 1. The topological polar surface area (TPSA) is 49.8 Å². The average Bonchev–Trinajstić information content (AvgIpc) is 2.18. The van der Waals surface area contributed by atoms with E-state index in [1.54, 1.807) is 12.0 Å². The van der Waals surface area contributed by atoms with Gasteiger partial charge in [0.05, 0.1) is 6.61 Å². The highest BCUT2D eigenvalue weighted by atomic mass is 16.5. The number of aliphatic hydroxyl groups is 1. The van der Waals surface area contributed by atoms with E-state index in [-0.39, 0.29) is 12.5 Å². The van der Waals surface area contributed by atoms with Gasteiger partial charge >= 0.3 is 0 Å². The lowest BCUT2D eigenvalue weighted by Gasteiger charge is -2.20. The van der Waals surface area contributed by atoms with Gasteiger partial charge in [-0.15, -0.1) is 0 Å². The molecule has 0 aliphatic heterocycles. The second-order valence-corrected chi connectivity index (χ2v) is 3.20. The second-order valence-electron chi connectivity index (χ2n) is 3.20. The van der Waals surface area contributed by atoms with Crippen LogP contribution in [0.15, 0.2) is 0 Å². The summed E-state index contributed by atoms with van der Waals surface area (Å²) in [6.07, 6.45) is 2.19. The molecule has 0 aromatic rings. The largest absolute Gasteiger partial charge is 0.395 e. The van der Waals surface area contributed by atoms with Crippen molar-refractivity contribution >= 4 is 5.91 Å². The first-order valence-electron chi connectivity index (χ1n) is 5.13. The van der Waals surface area contributed by atoms with Gasteiger partial charge in [-0.2, -0.15) is 0 Å². The molecular weight excluding hydrogens is 182 g/mol. The second kappa shape index (κ2) is 8.97. The smallest absolute Gasteiger partial charge is 0.222 e. The molecule has 0 aliphatic carbocycles. The van der Waals surface area contributed by atoms with Crippen LogP contribution in [-0.2, 0) is 9.53 Å². The SMILES string of the molecule is CCCN(CCO)C(=O)CCCOC. The molecule has 1 amide bonds. The van der Waals surface area contributed by atoms with Crippen LogP contribution < -0.4 is 0 Å².